The van der Waals surface area contributed by atoms with Crippen LogP contribution in [0.1, 0.15) is 34.3 Å². The molecule has 0 bridgehead atoms. The van der Waals surface area contributed by atoms with Gasteiger partial charge in [-0.3, -0.25) is 9.69 Å². The predicted octanol–water partition coefficient (Wildman–Crippen LogP) is 3.85. The number of Topliss-reactive ketones (excluding diaryl/α,β-unsaturated/α-hetero) is 1. The molecular weight excluding hydrogens is 286 g/mol. The maximum Gasteiger partial charge on any atom is 0.176 e. The van der Waals surface area contributed by atoms with Crippen LogP contribution in [-0.4, -0.2) is 30.3 Å². The van der Waals surface area contributed by atoms with E-state index in [0.717, 1.165) is 30.0 Å². The zero-order valence-corrected chi connectivity index (χ0v) is 13.6. The van der Waals surface area contributed by atoms with E-state index in [1.807, 2.05) is 24.3 Å². The molecule has 0 amide bonds. The number of carbonyl (C=O) groups excluding carboxylic acids is 1. The number of hydrogen-bond donors (Lipinski definition) is 0. The molecule has 0 aromatic heterocycles. The van der Waals surface area contributed by atoms with E-state index >= 15 is 0 Å². The second-order valence-corrected chi connectivity index (χ2v) is 6.21. The van der Waals surface area contributed by atoms with Crippen molar-refractivity contribution >= 4 is 5.78 Å². The summed E-state index contributed by atoms with van der Waals surface area (Å²) < 4.78 is 5.78. The number of rotatable bonds is 6. The molecule has 1 heterocycles. The lowest BCUT2D eigenvalue weighted by molar-refractivity contribution is 0.0945. The average Bonchev–Trinajstić information content (AvgIpc) is 3.08. The zero-order valence-electron chi connectivity index (χ0n) is 13.6. The van der Waals surface area contributed by atoms with Crippen LogP contribution < -0.4 is 4.74 Å². The summed E-state index contributed by atoms with van der Waals surface area (Å²) in [6.45, 7) is 5.24. The summed E-state index contributed by atoms with van der Waals surface area (Å²) in [7, 11) is 0. The Balaban J connectivity index is 1.53. The van der Waals surface area contributed by atoms with Gasteiger partial charge in [0.05, 0.1) is 6.54 Å². The molecule has 0 N–H and O–H groups in total. The van der Waals surface area contributed by atoms with Crippen LogP contribution in [0.4, 0.5) is 0 Å². The summed E-state index contributed by atoms with van der Waals surface area (Å²) in [6, 6.07) is 15.8. The van der Waals surface area contributed by atoms with Gasteiger partial charge >= 0.3 is 0 Å². The van der Waals surface area contributed by atoms with Crippen molar-refractivity contribution in [1.82, 2.24) is 4.90 Å². The van der Waals surface area contributed by atoms with Crippen LogP contribution in [0.25, 0.3) is 0 Å². The van der Waals surface area contributed by atoms with Gasteiger partial charge in [-0.05, 0) is 62.7 Å². The number of ketones is 1. The molecule has 0 spiro atoms. The van der Waals surface area contributed by atoms with Crippen molar-refractivity contribution in [2.75, 3.05) is 19.6 Å². The van der Waals surface area contributed by atoms with E-state index < -0.39 is 0 Å². The zero-order chi connectivity index (χ0) is 16.1. The molecule has 2 aromatic rings. The third-order valence-electron chi connectivity index (χ3n) is 4.27. The second-order valence-electron chi connectivity index (χ2n) is 6.21. The van der Waals surface area contributed by atoms with E-state index in [0.29, 0.717) is 13.2 Å². The van der Waals surface area contributed by atoms with Gasteiger partial charge in [0.1, 0.15) is 12.4 Å². The van der Waals surface area contributed by atoms with Gasteiger partial charge in [-0.1, -0.05) is 29.8 Å². The van der Waals surface area contributed by atoms with Gasteiger partial charge in [0, 0.05) is 5.56 Å². The number of benzene rings is 2. The normalized spacial score (nSPS) is 14.8. The minimum Gasteiger partial charge on any atom is -0.489 e. The molecule has 1 aliphatic rings. The lowest BCUT2D eigenvalue weighted by Crippen LogP contribution is -2.26. The molecule has 23 heavy (non-hydrogen) atoms. The van der Waals surface area contributed by atoms with Crippen LogP contribution in [0, 0.1) is 6.92 Å². The molecule has 3 heteroatoms. The fourth-order valence-electron chi connectivity index (χ4n) is 2.82. The smallest absolute Gasteiger partial charge is 0.176 e. The van der Waals surface area contributed by atoms with Crippen molar-refractivity contribution in [3.05, 3.63) is 65.2 Å². The lowest BCUT2D eigenvalue weighted by atomic mass is 10.1. The quantitative estimate of drug-likeness (QED) is 0.759. The Morgan fingerprint density at radius 1 is 1.00 bits per heavy atom. The largest absolute Gasteiger partial charge is 0.489 e. The summed E-state index contributed by atoms with van der Waals surface area (Å²) in [5.74, 6) is 0.986. The average molecular weight is 309 g/mol. The Hall–Kier alpha value is -2.13. The number of ether oxygens (including phenoxy) is 1. The Labute approximate surface area is 137 Å². The van der Waals surface area contributed by atoms with Crippen LogP contribution in [0.3, 0.4) is 0 Å². The highest BCUT2D eigenvalue weighted by atomic mass is 16.5. The summed E-state index contributed by atoms with van der Waals surface area (Å²) >= 11 is 0. The van der Waals surface area contributed by atoms with Gasteiger partial charge in [-0.25, -0.2) is 0 Å². The Morgan fingerprint density at radius 3 is 2.30 bits per heavy atom. The van der Waals surface area contributed by atoms with Gasteiger partial charge < -0.3 is 4.74 Å². The van der Waals surface area contributed by atoms with Crippen molar-refractivity contribution in [2.45, 2.75) is 26.4 Å². The Kier molecular flexibility index (Phi) is 5.09. The first-order valence-corrected chi connectivity index (χ1v) is 8.25. The Bertz CT molecular complexity index is 640. The standard InChI is InChI=1S/C20H23NO2/c1-16-4-6-17(7-5-16)15-23-19-10-8-18(9-11-19)20(22)14-21-12-2-3-13-21/h4-11H,2-3,12-15H2,1H3. The molecule has 0 aliphatic carbocycles. The fourth-order valence-corrected chi connectivity index (χ4v) is 2.82. The summed E-state index contributed by atoms with van der Waals surface area (Å²) in [5.41, 5.74) is 3.15. The van der Waals surface area contributed by atoms with E-state index in [9.17, 15) is 4.79 Å². The number of carbonyl (C=O) groups is 1. The van der Waals surface area contributed by atoms with Crippen molar-refractivity contribution in [3.63, 3.8) is 0 Å². The van der Waals surface area contributed by atoms with Crippen LogP contribution in [0.5, 0.6) is 5.75 Å². The molecule has 3 rings (SSSR count). The Morgan fingerprint density at radius 2 is 1.65 bits per heavy atom. The minimum absolute atomic E-state index is 0.192. The molecule has 0 radical (unpaired) electrons. The maximum atomic E-state index is 12.2. The first kappa shape index (κ1) is 15.8. The van der Waals surface area contributed by atoms with Crippen LogP contribution >= 0.6 is 0 Å². The van der Waals surface area contributed by atoms with Crippen molar-refractivity contribution < 1.29 is 9.53 Å². The van der Waals surface area contributed by atoms with Gasteiger partial charge in [-0.2, -0.15) is 0 Å². The number of aryl methyl sites for hydroxylation is 1. The SMILES string of the molecule is Cc1ccc(COc2ccc(C(=O)CN3CCCC3)cc2)cc1. The van der Waals surface area contributed by atoms with E-state index in [4.69, 9.17) is 4.74 Å². The first-order valence-electron chi connectivity index (χ1n) is 8.25. The van der Waals surface area contributed by atoms with Crippen LogP contribution in [-0.2, 0) is 6.61 Å². The van der Waals surface area contributed by atoms with Crippen LogP contribution in [0.2, 0.25) is 0 Å². The molecule has 1 saturated heterocycles. The van der Waals surface area contributed by atoms with Gasteiger partial charge in [0.15, 0.2) is 5.78 Å². The summed E-state index contributed by atoms with van der Waals surface area (Å²) in [6.07, 6.45) is 2.41. The lowest BCUT2D eigenvalue weighted by Gasteiger charge is -2.13. The molecule has 0 saturated carbocycles. The first-order chi connectivity index (χ1) is 11.2. The van der Waals surface area contributed by atoms with Crippen molar-refractivity contribution in [3.8, 4) is 5.75 Å². The van der Waals surface area contributed by atoms with Crippen molar-refractivity contribution in [1.29, 1.82) is 0 Å². The van der Waals surface area contributed by atoms with Gasteiger partial charge in [-0.15, -0.1) is 0 Å². The molecular formula is C20H23NO2. The molecule has 1 aliphatic heterocycles. The van der Waals surface area contributed by atoms with Crippen LogP contribution in [0.15, 0.2) is 48.5 Å². The topological polar surface area (TPSA) is 29.5 Å². The number of nitrogens with zero attached hydrogens (tertiary/aromatic N) is 1. The highest BCUT2D eigenvalue weighted by Crippen LogP contribution is 2.16. The predicted molar refractivity (Wildman–Crippen MR) is 92.0 cm³/mol. The summed E-state index contributed by atoms with van der Waals surface area (Å²) in [4.78, 5) is 14.5. The molecule has 1 fully saturated rings. The third kappa shape index (κ3) is 4.42. The third-order valence-corrected chi connectivity index (χ3v) is 4.27. The molecule has 120 valence electrons. The highest BCUT2D eigenvalue weighted by Gasteiger charge is 2.16. The molecule has 0 unspecified atom stereocenters. The maximum absolute atomic E-state index is 12.2. The molecule has 0 atom stereocenters. The number of hydrogen-bond acceptors (Lipinski definition) is 3. The fraction of sp³-hybridized carbons (Fsp3) is 0.350. The van der Waals surface area contributed by atoms with Crippen molar-refractivity contribution in [2.24, 2.45) is 0 Å². The second kappa shape index (κ2) is 7.42. The van der Waals surface area contributed by atoms with E-state index in [-0.39, 0.29) is 5.78 Å². The summed E-state index contributed by atoms with van der Waals surface area (Å²) in [5, 5.41) is 0. The monoisotopic (exact) mass is 309 g/mol. The van der Waals surface area contributed by atoms with Gasteiger partial charge in [0.2, 0.25) is 0 Å². The molecule has 2 aromatic carbocycles. The van der Waals surface area contributed by atoms with Gasteiger partial charge in [0.25, 0.3) is 0 Å². The highest BCUT2D eigenvalue weighted by molar-refractivity contribution is 5.97. The van der Waals surface area contributed by atoms with E-state index in [2.05, 4.69) is 36.1 Å². The number of likely N-dealkylation sites (tertiary alicyclic amines) is 1. The molecule has 3 nitrogen and oxygen atoms in total. The minimum atomic E-state index is 0.192. The van der Waals surface area contributed by atoms with E-state index in [1.165, 1.54) is 18.4 Å². The van der Waals surface area contributed by atoms with E-state index in [1.54, 1.807) is 0 Å².